The van der Waals surface area contributed by atoms with E-state index >= 15 is 0 Å². The first kappa shape index (κ1) is 19.1. The van der Waals surface area contributed by atoms with E-state index in [0.29, 0.717) is 22.3 Å². The second kappa shape index (κ2) is 8.31. The maximum atomic E-state index is 12.8. The van der Waals surface area contributed by atoms with Crippen LogP contribution in [-0.2, 0) is 11.8 Å². The second-order valence-electron chi connectivity index (χ2n) is 6.24. The van der Waals surface area contributed by atoms with E-state index < -0.39 is 0 Å². The molecule has 6 nitrogen and oxygen atoms in total. The predicted molar refractivity (Wildman–Crippen MR) is 106 cm³/mol. The van der Waals surface area contributed by atoms with Crippen LogP contribution in [0.4, 0.5) is 5.82 Å². The number of anilines is 1. The number of benzene rings is 1. The van der Waals surface area contributed by atoms with Crippen LogP contribution in [0.5, 0.6) is 5.75 Å². The minimum atomic E-state index is -0.341. The fourth-order valence-electron chi connectivity index (χ4n) is 3.06. The topological polar surface area (TPSA) is 73.2 Å². The van der Waals surface area contributed by atoms with Gasteiger partial charge in [0.15, 0.2) is 5.16 Å². The quantitative estimate of drug-likeness (QED) is 0.472. The summed E-state index contributed by atoms with van der Waals surface area (Å²) >= 11 is 1.51. The molecule has 1 N–H and O–H groups in total. The number of carbonyl (C=O) groups excluding carboxylic acids is 1. The molecule has 2 aromatic rings. The van der Waals surface area contributed by atoms with Crippen molar-refractivity contribution in [1.29, 1.82) is 0 Å². The van der Waals surface area contributed by atoms with Gasteiger partial charge in [-0.3, -0.25) is 9.59 Å². The number of nitrogens with zero attached hydrogens (tertiary/aromatic N) is 2. The first-order valence-corrected chi connectivity index (χ1v) is 9.73. The summed E-state index contributed by atoms with van der Waals surface area (Å²) in [6.45, 7) is 2.26. The molecule has 1 atom stereocenters. The maximum Gasteiger partial charge on any atom is 0.279 e. The number of hydrogen-bond acceptors (Lipinski definition) is 5. The standard InChI is InChI=1S/C20H21N3O3S/c1-4-10-26-14-8-6-13(7-9-14)15-12-16(24)21-18-17(15)19(25)22-20(23(18)3)27-11-5-2/h1,6-9,15H,5,10-12H2,2-3H3,(H,21,24)/t15-/m1/s1. The molecule has 1 aliphatic heterocycles. The van der Waals surface area contributed by atoms with Gasteiger partial charge in [-0.2, -0.15) is 4.98 Å². The van der Waals surface area contributed by atoms with Gasteiger partial charge in [-0.15, -0.1) is 6.42 Å². The average molecular weight is 383 g/mol. The molecule has 0 bridgehead atoms. The molecule has 140 valence electrons. The molecule has 0 saturated heterocycles. The lowest BCUT2D eigenvalue weighted by Gasteiger charge is -2.27. The number of aromatic nitrogens is 2. The van der Waals surface area contributed by atoms with E-state index in [1.807, 2.05) is 19.2 Å². The second-order valence-corrected chi connectivity index (χ2v) is 7.30. The van der Waals surface area contributed by atoms with E-state index in [0.717, 1.165) is 17.7 Å². The third-order valence-corrected chi connectivity index (χ3v) is 5.58. The van der Waals surface area contributed by atoms with Crippen LogP contribution >= 0.6 is 11.8 Å². The molecule has 7 heteroatoms. The van der Waals surface area contributed by atoms with Gasteiger partial charge in [0, 0.05) is 25.1 Å². The zero-order valence-corrected chi connectivity index (χ0v) is 16.1. The van der Waals surface area contributed by atoms with Gasteiger partial charge in [0.1, 0.15) is 18.2 Å². The monoisotopic (exact) mass is 383 g/mol. The van der Waals surface area contributed by atoms with Crippen molar-refractivity contribution in [2.75, 3.05) is 17.7 Å². The summed E-state index contributed by atoms with van der Waals surface area (Å²) in [5.41, 5.74) is 1.10. The number of carbonyl (C=O) groups is 1. The maximum absolute atomic E-state index is 12.8. The van der Waals surface area contributed by atoms with Gasteiger partial charge in [-0.25, -0.2) is 0 Å². The van der Waals surface area contributed by atoms with Crippen molar-refractivity contribution < 1.29 is 9.53 Å². The highest BCUT2D eigenvalue weighted by molar-refractivity contribution is 7.99. The summed E-state index contributed by atoms with van der Waals surface area (Å²) in [5, 5.41) is 3.46. The number of rotatable bonds is 6. The number of terminal acetylenes is 1. The van der Waals surface area contributed by atoms with Crippen molar-refractivity contribution >= 4 is 23.5 Å². The highest BCUT2D eigenvalue weighted by Crippen LogP contribution is 2.36. The Morgan fingerprint density at radius 2 is 2.11 bits per heavy atom. The Morgan fingerprint density at radius 3 is 2.78 bits per heavy atom. The van der Waals surface area contributed by atoms with E-state index in [2.05, 4.69) is 23.1 Å². The molecule has 0 fully saturated rings. The van der Waals surface area contributed by atoms with E-state index in [1.54, 1.807) is 16.7 Å². The van der Waals surface area contributed by atoms with Crippen molar-refractivity contribution in [2.45, 2.75) is 30.8 Å². The lowest BCUT2D eigenvalue weighted by molar-refractivity contribution is -0.116. The lowest BCUT2D eigenvalue weighted by Crippen LogP contribution is -2.33. The lowest BCUT2D eigenvalue weighted by atomic mass is 9.87. The van der Waals surface area contributed by atoms with Gasteiger partial charge in [-0.1, -0.05) is 36.7 Å². The smallest absolute Gasteiger partial charge is 0.279 e. The Morgan fingerprint density at radius 1 is 1.37 bits per heavy atom. The van der Waals surface area contributed by atoms with E-state index in [1.165, 1.54) is 11.8 Å². The summed E-state index contributed by atoms with van der Waals surface area (Å²) < 4.78 is 7.18. The molecule has 2 heterocycles. The van der Waals surface area contributed by atoms with Gasteiger partial charge >= 0.3 is 0 Å². The molecule has 0 aliphatic carbocycles. The van der Waals surface area contributed by atoms with Crippen molar-refractivity contribution in [3.63, 3.8) is 0 Å². The average Bonchev–Trinajstić information content (AvgIpc) is 2.67. The first-order chi connectivity index (χ1) is 13.0. The van der Waals surface area contributed by atoms with E-state index in [4.69, 9.17) is 11.2 Å². The Labute approximate surface area is 162 Å². The zero-order chi connectivity index (χ0) is 19.4. The minimum absolute atomic E-state index is 0.118. The SMILES string of the molecule is C#CCOc1ccc([C@H]2CC(=O)Nc3c2c(=O)nc(SCCC)n3C)cc1. The fourth-order valence-corrected chi connectivity index (χ4v) is 3.88. The summed E-state index contributed by atoms with van der Waals surface area (Å²) in [6.07, 6.45) is 6.38. The molecule has 1 aromatic carbocycles. The van der Waals surface area contributed by atoms with Gasteiger partial charge in [0.2, 0.25) is 5.91 Å². The Bertz CT molecular complexity index is 945. The van der Waals surface area contributed by atoms with Crippen molar-refractivity contribution in [3.05, 3.63) is 45.7 Å². The van der Waals surface area contributed by atoms with Crippen LogP contribution in [0.3, 0.4) is 0 Å². The largest absolute Gasteiger partial charge is 0.481 e. The molecule has 0 spiro atoms. The third-order valence-electron chi connectivity index (χ3n) is 4.34. The van der Waals surface area contributed by atoms with Gasteiger partial charge < -0.3 is 14.6 Å². The number of thioether (sulfide) groups is 1. The van der Waals surface area contributed by atoms with E-state index in [9.17, 15) is 9.59 Å². The zero-order valence-electron chi connectivity index (χ0n) is 15.3. The molecule has 3 rings (SSSR count). The van der Waals surface area contributed by atoms with Gasteiger partial charge in [0.05, 0.1) is 5.56 Å². The molecule has 1 aliphatic rings. The first-order valence-electron chi connectivity index (χ1n) is 8.75. The Balaban J connectivity index is 2.01. The summed E-state index contributed by atoms with van der Waals surface area (Å²) in [6, 6.07) is 7.31. The molecule has 0 radical (unpaired) electrons. The minimum Gasteiger partial charge on any atom is -0.481 e. The number of ether oxygens (including phenoxy) is 1. The van der Waals surface area contributed by atoms with Crippen LogP contribution in [0.2, 0.25) is 0 Å². The van der Waals surface area contributed by atoms with Gasteiger partial charge in [-0.05, 0) is 24.1 Å². The fraction of sp³-hybridized carbons (Fsp3) is 0.350. The molecule has 0 unspecified atom stereocenters. The molecule has 1 amide bonds. The van der Waals surface area contributed by atoms with Crippen molar-refractivity contribution in [2.24, 2.45) is 7.05 Å². The van der Waals surface area contributed by atoms with Crippen LogP contribution in [-0.4, -0.2) is 27.8 Å². The van der Waals surface area contributed by atoms with E-state index in [-0.39, 0.29) is 30.4 Å². The van der Waals surface area contributed by atoms with Crippen LogP contribution in [0.15, 0.2) is 34.2 Å². The van der Waals surface area contributed by atoms with Crippen LogP contribution in [0.1, 0.15) is 36.8 Å². The highest BCUT2D eigenvalue weighted by atomic mass is 32.2. The summed E-state index contributed by atoms with van der Waals surface area (Å²) in [7, 11) is 1.82. The predicted octanol–water partition coefficient (Wildman–Crippen LogP) is 2.77. The Kier molecular flexibility index (Phi) is 5.87. The summed E-state index contributed by atoms with van der Waals surface area (Å²) in [5.74, 6) is 3.99. The van der Waals surface area contributed by atoms with Crippen LogP contribution < -0.4 is 15.6 Å². The number of fused-ring (bicyclic) bond motifs is 1. The normalized spacial score (nSPS) is 15.6. The number of nitrogens with one attached hydrogen (secondary N) is 1. The van der Waals surface area contributed by atoms with Crippen LogP contribution in [0.25, 0.3) is 0 Å². The number of amides is 1. The molecule has 0 saturated carbocycles. The molecular formula is C20H21N3O3S. The molecular weight excluding hydrogens is 362 g/mol. The number of hydrogen-bond donors (Lipinski definition) is 1. The summed E-state index contributed by atoms with van der Waals surface area (Å²) in [4.78, 5) is 29.3. The molecule has 27 heavy (non-hydrogen) atoms. The van der Waals surface area contributed by atoms with Crippen molar-refractivity contribution in [1.82, 2.24) is 9.55 Å². The van der Waals surface area contributed by atoms with Gasteiger partial charge in [0.25, 0.3) is 5.56 Å². The van der Waals surface area contributed by atoms with Crippen LogP contribution in [0, 0.1) is 12.3 Å². The highest BCUT2D eigenvalue weighted by Gasteiger charge is 2.32. The third kappa shape index (κ3) is 4.01. The molecule has 1 aromatic heterocycles. The van der Waals surface area contributed by atoms with Crippen molar-refractivity contribution in [3.8, 4) is 18.1 Å². The Hall–Kier alpha value is -2.72.